The average molecular weight is 340 g/mol. The SMILES string of the molecule is O=c1o[nH][n+]2c1c(-c1cccc(-c3ccccc3)c1)nc1ccccc12. The first-order chi connectivity index (χ1) is 12.8. The van der Waals surface area contributed by atoms with Gasteiger partial charge >= 0.3 is 11.1 Å². The number of nitrogens with one attached hydrogen (secondary N) is 1. The van der Waals surface area contributed by atoms with Gasteiger partial charge in [-0.25, -0.2) is 9.78 Å². The van der Waals surface area contributed by atoms with Gasteiger partial charge in [-0.05, 0) is 33.0 Å². The molecule has 0 fully saturated rings. The van der Waals surface area contributed by atoms with Gasteiger partial charge in [-0.1, -0.05) is 60.7 Å². The van der Waals surface area contributed by atoms with Gasteiger partial charge in [0.05, 0.1) is 0 Å². The maximum absolute atomic E-state index is 12.3. The molecule has 0 bridgehead atoms. The van der Waals surface area contributed by atoms with Crippen LogP contribution in [0.2, 0.25) is 0 Å². The average Bonchev–Trinajstić information content (AvgIpc) is 3.10. The summed E-state index contributed by atoms with van der Waals surface area (Å²) in [4.78, 5) is 17.1. The van der Waals surface area contributed by atoms with Crippen LogP contribution >= 0.6 is 0 Å². The van der Waals surface area contributed by atoms with Crippen molar-refractivity contribution >= 4 is 16.6 Å². The van der Waals surface area contributed by atoms with Crippen molar-refractivity contribution in [2.24, 2.45) is 0 Å². The molecule has 0 aliphatic heterocycles. The van der Waals surface area contributed by atoms with Crippen LogP contribution in [-0.4, -0.2) is 10.3 Å². The Morgan fingerprint density at radius 1 is 0.808 bits per heavy atom. The Morgan fingerprint density at radius 3 is 2.42 bits per heavy atom. The van der Waals surface area contributed by atoms with Gasteiger partial charge in [-0.3, -0.25) is 4.52 Å². The molecule has 2 aromatic heterocycles. The summed E-state index contributed by atoms with van der Waals surface area (Å²) in [5.74, 6) is 0. The highest BCUT2D eigenvalue weighted by Crippen LogP contribution is 2.27. The molecule has 5 heteroatoms. The molecule has 0 saturated heterocycles. The van der Waals surface area contributed by atoms with Gasteiger partial charge in [0.15, 0.2) is 5.69 Å². The fourth-order valence-electron chi connectivity index (χ4n) is 3.24. The van der Waals surface area contributed by atoms with Crippen LogP contribution in [0.15, 0.2) is 88.2 Å². The molecule has 5 aromatic rings. The van der Waals surface area contributed by atoms with Crippen molar-refractivity contribution in [2.75, 3.05) is 0 Å². The second-order valence-electron chi connectivity index (χ2n) is 6.06. The summed E-state index contributed by atoms with van der Waals surface area (Å²) >= 11 is 0. The van der Waals surface area contributed by atoms with Crippen LogP contribution in [0.4, 0.5) is 0 Å². The molecule has 0 aliphatic carbocycles. The minimum absolute atomic E-state index is 0.397. The first kappa shape index (κ1) is 14.6. The van der Waals surface area contributed by atoms with E-state index in [4.69, 9.17) is 9.51 Å². The van der Waals surface area contributed by atoms with E-state index in [1.54, 1.807) is 4.52 Å². The summed E-state index contributed by atoms with van der Waals surface area (Å²) in [6.45, 7) is 0. The van der Waals surface area contributed by atoms with E-state index in [-0.39, 0.29) is 0 Å². The van der Waals surface area contributed by atoms with E-state index in [0.717, 1.165) is 27.7 Å². The minimum atomic E-state index is -0.441. The van der Waals surface area contributed by atoms with E-state index >= 15 is 0 Å². The van der Waals surface area contributed by atoms with Crippen LogP contribution in [0, 0.1) is 0 Å². The smallest absolute Gasteiger partial charge is 0.282 e. The van der Waals surface area contributed by atoms with Crippen molar-refractivity contribution in [3.63, 3.8) is 0 Å². The lowest BCUT2D eigenvalue weighted by Crippen LogP contribution is -2.27. The molecule has 0 radical (unpaired) electrons. The summed E-state index contributed by atoms with van der Waals surface area (Å²) in [6, 6.07) is 25.8. The van der Waals surface area contributed by atoms with Gasteiger partial charge in [0.1, 0.15) is 5.52 Å². The molecule has 5 rings (SSSR count). The number of hydrogen-bond donors (Lipinski definition) is 1. The summed E-state index contributed by atoms with van der Waals surface area (Å²) in [7, 11) is 0. The van der Waals surface area contributed by atoms with E-state index in [9.17, 15) is 4.79 Å². The number of rotatable bonds is 2. The normalized spacial score (nSPS) is 11.2. The second-order valence-corrected chi connectivity index (χ2v) is 6.06. The van der Waals surface area contributed by atoms with Crippen LogP contribution in [0.25, 0.3) is 38.9 Å². The number of hydrogen-bond acceptors (Lipinski definition) is 3. The lowest BCUT2D eigenvalue weighted by atomic mass is 10.0. The van der Waals surface area contributed by atoms with Gasteiger partial charge in [0.2, 0.25) is 0 Å². The zero-order valence-electron chi connectivity index (χ0n) is 13.7. The van der Waals surface area contributed by atoms with Gasteiger partial charge in [-0.2, -0.15) is 0 Å². The number of aromatic nitrogens is 3. The molecule has 26 heavy (non-hydrogen) atoms. The maximum atomic E-state index is 12.3. The third-order valence-electron chi connectivity index (χ3n) is 4.47. The maximum Gasteiger partial charge on any atom is 0.437 e. The Bertz CT molecular complexity index is 1300. The van der Waals surface area contributed by atoms with Crippen molar-refractivity contribution in [1.82, 2.24) is 10.3 Å². The predicted octanol–water partition coefficient (Wildman–Crippen LogP) is 3.59. The molecular weight excluding hydrogens is 326 g/mol. The summed E-state index contributed by atoms with van der Waals surface area (Å²) in [6.07, 6.45) is 0. The van der Waals surface area contributed by atoms with E-state index < -0.39 is 5.63 Å². The summed E-state index contributed by atoms with van der Waals surface area (Å²) in [5, 5.41) is 2.68. The van der Waals surface area contributed by atoms with Crippen LogP contribution in [0.1, 0.15) is 0 Å². The Labute approximate surface area is 148 Å². The largest absolute Gasteiger partial charge is 0.437 e. The van der Waals surface area contributed by atoms with Gasteiger partial charge in [0, 0.05) is 11.6 Å². The highest BCUT2D eigenvalue weighted by atomic mass is 16.5. The molecule has 3 aromatic carbocycles. The molecule has 0 saturated carbocycles. The highest BCUT2D eigenvalue weighted by Gasteiger charge is 2.24. The zero-order chi connectivity index (χ0) is 17.5. The topological polar surface area (TPSA) is 63.0 Å². The van der Waals surface area contributed by atoms with Gasteiger partial charge in [-0.15, -0.1) is 0 Å². The Hall–Kier alpha value is -3.73. The first-order valence-electron chi connectivity index (χ1n) is 8.29. The number of fused-ring (bicyclic) bond motifs is 3. The van der Waals surface area contributed by atoms with Crippen molar-refractivity contribution in [2.45, 2.75) is 0 Å². The lowest BCUT2D eigenvalue weighted by Gasteiger charge is -2.05. The Balaban J connectivity index is 1.82. The van der Waals surface area contributed by atoms with E-state index in [0.29, 0.717) is 11.2 Å². The van der Waals surface area contributed by atoms with Crippen molar-refractivity contribution in [3.8, 4) is 22.4 Å². The molecular formula is C21H14N3O2+. The first-order valence-corrected chi connectivity index (χ1v) is 8.29. The Morgan fingerprint density at radius 2 is 1.54 bits per heavy atom. The van der Waals surface area contributed by atoms with Crippen LogP contribution in [0.3, 0.4) is 0 Å². The van der Waals surface area contributed by atoms with Crippen molar-refractivity contribution < 1.29 is 9.04 Å². The molecule has 0 amide bonds. The lowest BCUT2D eigenvalue weighted by molar-refractivity contribution is -0.568. The molecule has 1 N–H and O–H groups in total. The molecule has 0 spiro atoms. The van der Waals surface area contributed by atoms with Gasteiger partial charge < -0.3 is 0 Å². The van der Waals surface area contributed by atoms with E-state index in [1.165, 1.54) is 0 Å². The number of para-hydroxylation sites is 2. The standard InChI is InChI=1S/C21H13N3O2/c25-21-20-19(22-17-11-4-5-12-18(17)24(20)23-26-21)16-10-6-9-15(13-16)14-7-2-1-3-8-14/h1-13H/p+1. The van der Waals surface area contributed by atoms with E-state index in [2.05, 4.69) is 17.4 Å². The molecule has 124 valence electrons. The number of nitrogens with zero attached hydrogens (tertiary/aromatic N) is 2. The fraction of sp³-hybridized carbons (Fsp3) is 0. The third-order valence-corrected chi connectivity index (χ3v) is 4.47. The number of H-pyrrole nitrogens is 1. The molecule has 0 unspecified atom stereocenters. The van der Waals surface area contributed by atoms with Gasteiger partial charge in [0.25, 0.3) is 5.52 Å². The van der Waals surface area contributed by atoms with Crippen molar-refractivity contribution in [1.29, 1.82) is 0 Å². The summed E-state index contributed by atoms with van der Waals surface area (Å²) < 4.78 is 6.69. The van der Waals surface area contributed by atoms with Crippen molar-refractivity contribution in [3.05, 3.63) is 89.3 Å². The molecule has 2 heterocycles. The quantitative estimate of drug-likeness (QED) is 0.500. The van der Waals surface area contributed by atoms with Crippen LogP contribution < -0.4 is 10.1 Å². The Kier molecular flexibility index (Phi) is 3.18. The van der Waals surface area contributed by atoms with E-state index in [1.807, 2.05) is 66.7 Å². The number of benzene rings is 3. The molecule has 0 aliphatic rings. The third kappa shape index (κ3) is 2.22. The monoisotopic (exact) mass is 340 g/mol. The molecule has 0 atom stereocenters. The molecule has 5 nitrogen and oxygen atoms in total. The fourth-order valence-corrected chi connectivity index (χ4v) is 3.24. The van der Waals surface area contributed by atoms with Crippen LogP contribution in [-0.2, 0) is 0 Å². The number of aromatic amines is 1. The highest BCUT2D eigenvalue weighted by molar-refractivity contribution is 5.83. The zero-order valence-corrected chi connectivity index (χ0v) is 13.7. The predicted molar refractivity (Wildman–Crippen MR) is 98.7 cm³/mol. The summed E-state index contributed by atoms with van der Waals surface area (Å²) in [5.41, 5.74) is 5.16. The minimum Gasteiger partial charge on any atom is -0.282 e. The second kappa shape index (κ2) is 5.67. The van der Waals surface area contributed by atoms with Crippen LogP contribution in [0.5, 0.6) is 0 Å².